The van der Waals surface area contributed by atoms with E-state index in [1.807, 2.05) is 13.0 Å². The Kier molecular flexibility index (Phi) is 7.66. The van der Waals surface area contributed by atoms with Gasteiger partial charge in [0.2, 0.25) is 10.0 Å². The van der Waals surface area contributed by atoms with Crippen LogP contribution in [0.2, 0.25) is 5.02 Å². The van der Waals surface area contributed by atoms with Crippen LogP contribution < -0.4 is 5.32 Å². The number of unbranched alkanes of at least 4 members (excludes halogenated alkanes) is 1. The van der Waals surface area contributed by atoms with E-state index in [0.29, 0.717) is 13.1 Å². The number of nitrogens with one attached hydrogen (secondary N) is 1. The van der Waals surface area contributed by atoms with Crippen LogP contribution in [0.25, 0.3) is 0 Å². The first-order valence-corrected chi connectivity index (χ1v) is 9.20. The molecule has 0 unspecified atom stereocenters. The number of nitrogens with zero attached hydrogens (tertiary/aromatic N) is 1. The summed E-state index contributed by atoms with van der Waals surface area (Å²) in [6, 6.07) is 5.18. The Morgan fingerprint density at radius 3 is 2.57 bits per heavy atom. The highest BCUT2D eigenvalue weighted by Gasteiger charge is 2.23. The Morgan fingerprint density at radius 2 is 1.95 bits per heavy atom. The van der Waals surface area contributed by atoms with E-state index in [4.69, 9.17) is 11.6 Å². The van der Waals surface area contributed by atoms with Crippen molar-refractivity contribution < 1.29 is 8.42 Å². The number of hydrogen-bond donors (Lipinski definition) is 1. The maximum Gasteiger partial charge on any atom is 0.244 e. The van der Waals surface area contributed by atoms with E-state index in [-0.39, 0.29) is 9.92 Å². The Bertz CT molecular complexity index is 547. The lowest BCUT2D eigenvalue weighted by Gasteiger charge is -2.18. The van der Waals surface area contributed by atoms with Crippen molar-refractivity contribution in [3.8, 4) is 0 Å². The number of sulfonamides is 1. The molecule has 0 amide bonds. The minimum atomic E-state index is -3.52. The van der Waals surface area contributed by atoms with Gasteiger partial charge >= 0.3 is 0 Å². The molecule has 0 aliphatic heterocycles. The number of rotatable bonds is 9. The first kappa shape index (κ1) is 18.4. The van der Waals surface area contributed by atoms with Gasteiger partial charge in [0.25, 0.3) is 0 Å². The molecule has 1 rings (SSSR count). The highest BCUT2D eigenvalue weighted by molar-refractivity contribution is 7.89. The molecule has 1 N–H and O–H groups in total. The van der Waals surface area contributed by atoms with Crippen LogP contribution in [-0.2, 0) is 16.6 Å². The molecule has 0 heterocycles. The van der Waals surface area contributed by atoms with Crippen molar-refractivity contribution >= 4 is 21.6 Å². The summed E-state index contributed by atoms with van der Waals surface area (Å²) in [6.45, 7) is 6.18. The van der Waals surface area contributed by atoms with Crippen LogP contribution in [0.5, 0.6) is 0 Å². The summed E-state index contributed by atoms with van der Waals surface area (Å²) in [5.74, 6) is 0. The van der Waals surface area contributed by atoms with Crippen molar-refractivity contribution in [3.63, 3.8) is 0 Å². The molecule has 120 valence electrons. The second kappa shape index (κ2) is 8.73. The van der Waals surface area contributed by atoms with Gasteiger partial charge in [0.1, 0.15) is 4.90 Å². The van der Waals surface area contributed by atoms with Crippen LogP contribution in [0, 0.1) is 0 Å². The van der Waals surface area contributed by atoms with Crippen LogP contribution in [0.4, 0.5) is 0 Å². The first-order chi connectivity index (χ1) is 9.93. The van der Waals surface area contributed by atoms with Crippen LogP contribution in [0.15, 0.2) is 23.1 Å². The summed E-state index contributed by atoms with van der Waals surface area (Å²) in [5, 5.41) is 3.54. The first-order valence-electron chi connectivity index (χ1n) is 7.39. The topological polar surface area (TPSA) is 49.4 Å². The molecule has 1 aromatic rings. The van der Waals surface area contributed by atoms with Gasteiger partial charge in [0, 0.05) is 20.1 Å². The summed E-state index contributed by atoms with van der Waals surface area (Å²) in [4.78, 5) is 0.193. The third-order valence-electron chi connectivity index (χ3n) is 3.27. The second-order valence-electron chi connectivity index (χ2n) is 5.12. The molecule has 0 atom stereocenters. The van der Waals surface area contributed by atoms with Gasteiger partial charge in [-0.3, -0.25) is 0 Å². The molecule has 0 aliphatic rings. The number of hydrogen-bond acceptors (Lipinski definition) is 3. The van der Waals surface area contributed by atoms with Crippen LogP contribution >= 0.6 is 11.6 Å². The van der Waals surface area contributed by atoms with Gasteiger partial charge in [-0.2, -0.15) is 0 Å². The average Bonchev–Trinajstić information content (AvgIpc) is 2.46. The predicted octanol–water partition coefficient (Wildman–Crippen LogP) is 3.26. The minimum Gasteiger partial charge on any atom is -0.313 e. The van der Waals surface area contributed by atoms with E-state index in [1.54, 1.807) is 19.2 Å². The number of benzene rings is 1. The smallest absolute Gasteiger partial charge is 0.244 e. The summed E-state index contributed by atoms with van der Waals surface area (Å²) < 4.78 is 26.5. The maximum absolute atomic E-state index is 12.6. The molecule has 0 spiro atoms. The monoisotopic (exact) mass is 332 g/mol. The quantitative estimate of drug-likeness (QED) is 0.706. The number of halogens is 1. The van der Waals surface area contributed by atoms with Crippen LogP contribution in [-0.4, -0.2) is 32.9 Å². The van der Waals surface area contributed by atoms with Crippen LogP contribution in [0.1, 0.15) is 38.7 Å². The SMILES string of the molecule is CCCCN(C)S(=O)(=O)c1cc(CNCCC)ccc1Cl. The molecule has 21 heavy (non-hydrogen) atoms. The van der Waals surface area contributed by atoms with Crippen molar-refractivity contribution in [1.82, 2.24) is 9.62 Å². The molecule has 0 bridgehead atoms. The molecule has 0 aromatic heterocycles. The highest BCUT2D eigenvalue weighted by Crippen LogP contribution is 2.25. The fourth-order valence-corrected chi connectivity index (χ4v) is 3.66. The minimum absolute atomic E-state index is 0.193. The molecule has 6 heteroatoms. The zero-order valence-corrected chi connectivity index (χ0v) is 14.6. The Balaban J connectivity index is 2.96. The Hall–Kier alpha value is -0.620. The summed E-state index contributed by atoms with van der Waals surface area (Å²) >= 11 is 6.09. The maximum atomic E-state index is 12.6. The van der Waals surface area contributed by atoms with E-state index >= 15 is 0 Å². The van der Waals surface area contributed by atoms with Crippen molar-refractivity contribution in [2.45, 2.75) is 44.6 Å². The third kappa shape index (κ3) is 5.25. The van der Waals surface area contributed by atoms with E-state index in [2.05, 4.69) is 12.2 Å². The Morgan fingerprint density at radius 1 is 1.24 bits per heavy atom. The molecule has 1 aromatic carbocycles. The molecule has 0 fully saturated rings. The average molecular weight is 333 g/mol. The zero-order valence-electron chi connectivity index (χ0n) is 13.0. The molecule has 0 aliphatic carbocycles. The summed E-state index contributed by atoms with van der Waals surface area (Å²) in [7, 11) is -1.92. The van der Waals surface area contributed by atoms with Gasteiger partial charge < -0.3 is 5.32 Å². The molecular weight excluding hydrogens is 308 g/mol. The molecule has 0 saturated heterocycles. The molecule has 4 nitrogen and oxygen atoms in total. The van der Waals surface area contributed by atoms with Crippen molar-refractivity contribution in [3.05, 3.63) is 28.8 Å². The zero-order chi connectivity index (χ0) is 15.9. The van der Waals surface area contributed by atoms with Gasteiger partial charge in [-0.1, -0.05) is 37.9 Å². The van der Waals surface area contributed by atoms with E-state index < -0.39 is 10.0 Å². The molecule has 0 radical (unpaired) electrons. The second-order valence-corrected chi connectivity index (χ2v) is 7.54. The summed E-state index contributed by atoms with van der Waals surface area (Å²) in [5.41, 5.74) is 0.926. The third-order valence-corrected chi connectivity index (χ3v) is 5.60. The molecule has 0 saturated carbocycles. The highest BCUT2D eigenvalue weighted by atomic mass is 35.5. The summed E-state index contributed by atoms with van der Waals surface area (Å²) in [6.07, 6.45) is 2.83. The van der Waals surface area contributed by atoms with Crippen LogP contribution in [0.3, 0.4) is 0 Å². The lowest BCUT2D eigenvalue weighted by atomic mass is 10.2. The van der Waals surface area contributed by atoms with Crippen molar-refractivity contribution in [1.29, 1.82) is 0 Å². The van der Waals surface area contributed by atoms with Crippen molar-refractivity contribution in [2.24, 2.45) is 0 Å². The lowest BCUT2D eigenvalue weighted by molar-refractivity contribution is 0.459. The van der Waals surface area contributed by atoms with Gasteiger partial charge in [0.05, 0.1) is 5.02 Å². The normalized spacial score (nSPS) is 12.0. The standard InChI is InChI=1S/C15H25ClN2O2S/c1-4-6-10-18(3)21(19,20)15-11-13(7-8-14(15)16)12-17-9-5-2/h7-8,11,17H,4-6,9-10,12H2,1-3H3. The van der Waals surface area contributed by atoms with E-state index in [1.165, 1.54) is 4.31 Å². The largest absolute Gasteiger partial charge is 0.313 e. The van der Waals surface area contributed by atoms with Gasteiger partial charge in [0.15, 0.2) is 0 Å². The van der Waals surface area contributed by atoms with Gasteiger partial charge in [-0.05, 0) is 37.1 Å². The van der Waals surface area contributed by atoms with Gasteiger partial charge in [-0.15, -0.1) is 0 Å². The van der Waals surface area contributed by atoms with Crippen molar-refractivity contribution in [2.75, 3.05) is 20.1 Å². The van der Waals surface area contributed by atoms with E-state index in [9.17, 15) is 8.42 Å². The van der Waals surface area contributed by atoms with Gasteiger partial charge in [-0.25, -0.2) is 12.7 Å². The Labute approximate surface area is 133 Å². The fraction of sp³-hybridized carbons (Fsp3) is 0.600. The van der Waals surface area contributed by atoms with E-state index in [0.717, 1.165) is 31.4 Å². The fourth-order valence-electron chi connectivity index (χ4n) is 1.93. The molecular formula is C15H25ClN2O2S. The lowest BCUT2D eigenvalue weighted by Crippen LogP contribution is -2.28. The predicted molar refractivity (Wildman–Crippen MR) is 88.2 cm³/mol.